The Morgan fingerprint density at radius 1 is 1.15 bits per heavy atom. The number of rotatable bonds is 11. The highest BCUT2D eigenvalue weighted by Crippen LogP contribution is 2.12. The first kappa shape index (κ1) is 32.7. The van der Waals surface area contributed by atoms with Gasteiger partial charge in [0.25, 0.3) is 0 Å². The van der Waals surface area contributed by atoms with Crippen LogP contribution in [0, 0.1) is 6.92 Å². The normalized spacial score (nSPS) is 24.6. The van der Waals surface area contributed by atoms with Gasteiger partial charge in [-0.25, -0.2) is 0 Å². The van der Waals surface area contributed by atoms with Crippen molar-refractivity contribution in [1.29, 1.82) is 0 Å². The predicted octanol–water partition coefficient (Wildman–Crippen LogP) is 0.579. The number of carboxylic acids is 1. The molecule has 1 aromatic carbocycles. The number of hydrogen-bond acceptors (Lipinski definition) is 8. The van der Waals surface area contributed by atoms with Gasteiger partial charge in [-0.05, 0) is 45.2 Å². The molecule has 2 rings (SSSR count). The molecule has 12 nitrogen and oxygen atoms in total. The van der Waals surface area contributed by atoms with Crippen LogP contribution in [0.25, 0.3) is 0 Å². The van der Waals surface area contributed by atoms with Crippen LogP contribution in [-0.4, -0.2) is 83.4 Å². The number of carboxylic acid groups (broad SMARTS) is 1. The number of carbonyl (C=O) groups is 4. The molecule has 1 aliphatic heterocycles. The van der Waals surface area contributed by atoms with Crippen molar-refractivity contribution < 1.29 is 34.1 Å². The summed E-state index contributed by atoms with van der Waals surface area (Å²) in [5, 5.41) is 31.1. The summed E-state index contributed by atoms with van der Waals surface area (Å²) < 4.78 is 5.77. The van der Waals surface area contributed by atoms with Gasteiger partial charge in [-0.2, -0.15) is 0 Å². The number of nitrogens with one attached hydrogen (secondary N) is 4. The zero-order chi connectivity index (χ0) is 29.7. The molecule has 0 bridgehead atoms. The Morgan fingerprint density at radius 3 is 2.50 bits per heavy atom. The number of anilines is 1. The van der Waals surface area contributed by atoms with Gasteiger partial charge in [0.2, 0.25) is 17.7 Å². The number of ether oxygens (including phenoxy) is 1. The zero-order valence-corrected chi connectivity index (χ0v) is 23.4. The average Bonchev–Trinajstić information content (AvgIpc) is 2.92. The molecular weight excluding hydrogens is 518 g/mol. The molecule has 0 aliphatic carbocycles. The Balaban J connectivity index is 2.16. The van der Waals surface area contributed by atoms with Gasteiger partial charge in [0, 0.05) is 18.7 Å². The maximum Gasteiger partial charge on any atom is 0.303 e. The molecule has 0 unspecified atom stereocenters. The van der Waals surface area contributed by atoms with Gasteiger partial charge in [0.05, 0.1) is 30.9 Å². The number of aliphatic hydroxyl groups is 1. The Kier molecular flexibility index (Phi) is 13.6. The van der Waals surface area contributed by atoms with Gasteiger partial charge >= 0.3 is 5.97 Å². The predicted molar refractivity (Wildman–Crippen MR) is 150 cm³/mol. The minimum absolute atomic E-state index is 0.100. The molecule has 0 radical (unpaired) electrons. The summed E-state index contributed by atoms with van der Waals surface area (Å²) in [6.07, 6.45) is 2.62. The first-order valence-corrected chi connectivity index (χ1v) is 13.7. The summed E-state index contributed by atoms with van der Waals surface area (Å²) in [7, 11) is 0. The minimum Gasteiger partial charge on any atom is -0.481 e. The van der Waals surface area contributed by atoms with Gasteiger partial charge in [-0.1, -0.05) is 43.2 Å². The van der Waals surface area contributed by atoms with E-state index in [1.807, 2.05) is 38.1 Å². The second-order valence-electron chi connectivity index (χ2n) is 10.0. The van der Waals surface area contributed by atoms with Crippen LogP contribution in [-0.2, 0) is 23.9 Å². The molecule has 0 fully saturated rings. The van der Waals surface area contributed by atoms with E-state index in [1.54, 1.807) is 19.1 Å². The van der Waals surface area contributed by atoms with Crippen LogP contribution >= 0.6 is 0 Å². The minimum atomic E-state index is -1.18. The number of hydrogen-bond donors (Lipinski definition) is 7. The van der Waals surface area contributed by atoms with Gasteiger partial charge in [-0.15, -0.1) is 0 Å². The average molecular weight is 562 g/mol. The summed E-state index contributed by atoms with van der Waals surface area (Å²) in [5.74, 6) is -2.88. The standard InChI is InChI=1S/C28H43N5O7/c1-4-7-22-27(38)31-21(23(34)16-30-19-11-9-17(2)10-12-19)8-5-6-15-40-18(3)25(28(39)32-22)33-26(37)20(29)13-14-24(35)36/h5-6,9-12,18,20-23,25,30,34H,4,7-8,13-16,29H2,1-3H3,(H,31,38)(H,32,39)(H,33,37)(H,35,36)/b6-5-/t18-,20+,21+,22+,23-,25+/m1/s1. The molecule has 0 saturated carbocycles. The van der Waals surface area contributed by atoms with Crippen LogP contribution in [0.3, 0.4) is 0 Å². The molecule has 0 spiro atoms. The van der Waals surface area contributed by atoms with Gasteiger partial charge in [0.1, 0.15) is 12.1 Å². The SMILES string of the molecule is CCC[C@@H]1NC(=O)[C@@H](NC(=O)[C@@H](N)CCC(=O)O)[C@@H](C)OC/C=C\C[C@@H]([C@H](O)CNc2ccc(C)cc2)NC1=O. The fourth-order valence-electron chi connectivity index (χ4n) is 4.13. The third-order valence-electron chi connectivity index (χ3n) is 6.64. The van der Waals surface area contributed by atoms with E-state index in [4.69, 9.17) is 15.6 Å². The Morgan fingerprint density at radius 2 is 1.85 bits per heavy atom. The van der Waals surface area contributed by atoms with Gasteiger partial charge in [0.15, 0.2) is 0 Å². The smallest absolute Gasteiger partial charge is 0.303 e. The molecule has 12 heteroatoms. The van der Waals surface area contributed by atoms with E-state index in [0.29, 0.717) is 19.3 Å². The summed E-state index contributed by atoms with van der Waals surface area (Å²) in [6.45, 7) is 5.77. The maximum atomic E-state index is 13.3. The van der Waals surface area contributed by atoms with E-state index < -0.39 is 60.1 Å². The van der Waals surface area contributed by atoms with Crippen LogP contribution < -0.4 is 27.0 Å². The van der Waals surface area contributed by atoms with Crippen molar-refractivity contribution in [2.45, 2.75) is 89.3 Å². The second-order valence-corrected chi connectivity index (χ2v) is 10.0. The van der Waals surface area contributed by atoms with Crippen molar-refractivity contribution in [2.24, 2.45) is 5.73 Å². The highest BCUT2D eigenvalue weighted by molar-refractivity contribution is 5.93. The molecule has 6 atom stereocenters. The second kappa shape index (κ2) is 16.6. The number of benzene rings is 1. The molecule has 0 aromatic heterocycles. The lowest BCUT2D eigenvalue weighted by atomic mass is 10.0. The van der Waals surface area contributed by atoms with Crippen molar-refractivity contribution in [3.8, 4) is 0 Å². The van der Waals surface area contributed by atoms with Crippen LogP contribution in [0.1, 0.15) is 51.5 Å². The quantitative estimate of drug-likeness (QED) is 0.189. The Bertz CT molecular complexity index is 1020. The van der Waals surface area contributed by atoms with Crippen LogP contribution in [0.2, 0.25) is 0 Å². The molecular formula is C28H43N5O7. The van der Waals surface area contributed by atoms with Crippen molar-refractivity contribution in [3.05, 3.63) is 42.0 Å². The lowest BCUT2D eigenvalue weighted by Gasteiger charge is -2.29. The molecule has 1 heterocycles. The number of amides is 3. The van der Waals surface area contributed by atoms with E-state index in [2.05, 4.69) is 21.3 Å². The van der Waals surface area contributed by atoms with Crippen molar-refractivity contribution in [2.75, 3.05) is 18.5 Å². The number of nitrogens with two attached hydrogens (primary N) is 1. The summed E-state index contributed by atoms with van der Waals surface area (Å²) in [6, 6.07) is 3.85. The molecule has 8 N–H and O–H groups in total. The monoisotopic (exact) mass is 561 g/mol. The van der Waals surface area contributed by atoms with Crippen molar-refractivity contribution in [1.82, 2.24) is 16.0 Å². The molecule has 1 aliphatic rings. The van der Waals surface area contributed by atoms with E-state index in [9.17, 15) is 24.3 Å². The maximum absolute atomic E-state index is 13.3. The summed E-state index contributed by atoms with van der Waals surface area (Å²) in [4.78, 5) is 50.0. The molecule has 40 heavy (non-hydrogen) atoms. The fourth-order valence-corrected chi connectivity index (χ4v) is 4.13. The zero-order valence-electron chi connectivity index (χ0n) is 23.4. The van der Waals surface area contributed by atoms with E-state index in [1.165, 1.54) is 0 Å². The van der Waals surface area contributed by atoms with Crippen LogP contribution in [0.5, 0.6) is 0 Å². The number of aliphatic carboxylic acids is 1. The van der Waals surface area contributed by atoms with E-state index in [-0.39, 0.29) is 26.0 Å². The molecule has 3 amide bonds. The summed E-state index contributed by atoms with van der Waals surface area (Å²) >= 11 is 0. The van der Waals surface area contributed by atoms with Crippen LogP contribution in [0.4, 0.5) is 5.69 Å². The number of aryl methyl sites for hydroxylation is 1. The lowest BCUT2D eigenvalue weighted by Crippen LogP contribution is -2.60. The van der Waals surface area contributed by atoms with E-state index in [0.717, 1.165) is 11.3 Å². The molecule has 222 valence electrons. The summed E-state index contributed by atoms with van der Waals surface area (Å²) in [5.41, 5.74) is 7.77. The highest BCUT2D eigenvalue weighted by Gasteiger charge is 2.33. The van der Waals surface area contributed by atoms with E-state index >= 15 is 0 Å². The third kappa shape index (κ3) is 10.9. The highest BCUT2D eigenvalue weighted by atomic mass is 16.5. The number of carbonyl (C=O) groups excluding carboxylic acids is 3. The fraction of sp³-hybridized carbons (Fsp3) is 0.571. The first-order chi connectivity index (χ1) is 19.0. The Hall–Kier alpha value is -3.48. The Labute approximate surface area is 235 Å². The third-order valence-corrected chi connectivity index (χ3v) is 6.64. The van der Waals surface area contributed by atoms with Crippen molar-refractivity contribution >= 4 is 29.4 Å². The van der Waals surface area contributed by atoms with Gasteiger partial charge < -0.3 is 42.0 Å². The first-order valence-electron chi connectivity index (χ1n) is 13.7. The molecule has 0 saturated heterocycles. The lowest BCUT2D eigenvalue weighted by molar-refractivity contribution is -0.138. The topological polar surface area (TPSA) is 192 Å². The van der Waals surface area contributed by atoms with Crippen LogP contribution in [0.15, 0.2) is 36.4 Å². The number of aliphatic hydroxyl groups excluding tert-OH is 1. The largest absolute Gasteiger partial charge is 0.481 e. The van der Waals surface area contributed by atoms with Crippen molar-refractivity contribution in [3.63, 3.8) is 0 Å². The van der Waals surface area contributed by atoms with Gasteiger partial charge in [-0.3, -0.25) is 19.2 Å². The molecule has 1 aromatic rings.